The summed E-state index contributed by atoms with van der Waals surface area (Å²) in [4.78, 5) is 15.0. The van der Waals surface area contributed by atoms with Gasteiger partial charge >= 0.3 is 5.97 Å². The maximum absolute atomic E-state index is 10.9. The third-order valence-electron chi connectivity index (χ3n) is 1.69. The molecule has 0 aliphatic carbocycles. The topological polar surface area (TPSA) is 70.1 Å². The number of nitrogens with two attached hydrogens (primary N) is 1. The minimum atomic E-state index is -0.625. The molecule has 0 unspecified atom stereocenters. The van der Waals surface area contributed by atoms with Gasteiger partial charge in [0.05, 0.1) is 19.1 Å². The first-order chi connectivity index (χ1) is 6.13. The van der Waals surface area contributed by atoms with Crippen molar-refractivity contribution in [3.05, 3.63) is 18.2 Å². The molecule has 0 radical (unpaired) electrons. The molecule has 72 valence electrons. The van der Waals surface area contributed by atoms with Crippen LogP contribution in [0.3, 0.4) is 0 Å². The van der Waals surface area contributed by atoms with Gasteiger partial charge in [-0.1, -0.05) is 0 Å². The summed E-state index contributed by atoms with van der Waals surface area (Å²) in [7, 11) is 3.18. The number of esters is 1. The van der Waals surface area contributed by atoms with Crippen LogP contribution in [-0.4, -0.2) is 28.7 Å². The highest BCUT2D eigenvalue weighted by molar-refractivity contribution is 5.75. The van der Waals surface area contributed by atoms with E-state index in [4.69, 9.17) is 5.73 Å². The van der Waals surface area contributed by atoms with E-state index in [2.05, 4.69) is 9.72 Å². The van der Waals surface area contributed by atoms with Gasteiger partial charge < -0.3 is 15.0 Å². The lowest BCUT2D eigenvalue weighted by Crippen LogP contribution is -2.33. The normalized spacial score (nSPS) is 12.5. The monoisotopic (exact) mass is 183 g/mol. The summed E-state index contributed by atoms with van der Waals surface area (Å²) in [5.41, 5.74) is 6.34. The predicted octanol–water partition coefficient (Wildman–Crippen LogP) is -0.537. The zero-order chi connectivity index (χ0) is 9.84. The van der Waals surface area contributed by atoms with Gasteiger partial charge in [-0.3, -0.25) is 4.79 Å². The standard InChI is InChI=1S/C8H13N3O2/c1-11-4-6(10-5-11)3-7(9)8(12)13-2/h4-5,7H,3,9H2,1-2H3/t7-/m0/s1. The van der Waals surface area contributed by atoms with E-state index in [0.717, 1.165) is 5.69 Å². The second-order valence-electron chi connectivity index (χ2n) is 2.86. The highest BCUT2D eigenvalue weighted by Gasteiger charge is 2.15. The Balaban J connectivity index is 2.54. The molecule has 0 saturated carbocycles. The first kappa shape index (κ1) is 9.73. The number of carbonyl (C=O) groups excluding carboxylic acids is 1. The van der Waals surface area contributed by atoms with Gasteiger partial charge in [0.25, 0.3) is 0 Å². The maximum atomic E-state index is 10.9. The summed E-state index contributed by atoms with van der Waals surface area (Å²) in [5.74, 6) is -0.411. The quantitative estimate of drug-likeness (QED) is 0.639. The van der Waals surface area contributed by atoms with E-state index < -0.39 is 12.0 Å². The molecule has 0 bridgehead atoms. The molecule has 0 aliphatic heterocycles. The van der Waals surface area contributed by atoms with Crippen LogP contribution in [0.4, 0.5) is 0 Å². The largest absolute Gasteiger partial charge is 0.468 e. The van der Waals surface area contributed by atoms with Gasteiger partial charge in [-0.15, -0.1) is 0 Å². The summed E-state index contributed by atoms with van der Waals surface area (Å²) >= 11 is 0. The number of ether oxygens (including phenoxy) is 1. The van der Waals surface area contributed by atoms with Crippen molar-refractivity contribution in [3.63, 3.8) is 0 Å². The number of nitrogens with zero attached hydrogens (tertiary/aromatic N) is 2. The van der Waals surface area contributed by atoms with Gasteiger partial charge in [-0.25, -0.2) is 4.98 Å². The van der Waals surface area contributed by atoms with Crippen molar-refractivity contribution in [3.8, 4) is 0 Å². The van der Waals surface area contributed by atoms with Gasteiger partial charge in [0.1, 0.15) is 6.04 Å². The van der Waals surface area contributed by atoms with Crippen molar-refractivity contribution in [2.75, 3.05) is 7.11 Å². The lowest BCUT2D eigenvalue weighted by Gasteiger charge is -2.06. The zero-order valence-corrected chi connectivity index (χ0v) is 7.73. The number of imidazole rings is 1. The summed E-state index contributed by atoms with van der Waals surface area (Å²) in [6, 6.07) is -0.625. The lowest BCUT2D eigenvalue weighted by atomic mass is 10.2. The average molecular weight is 183 g/mol. The molecule has 1 aromatic heterocycles. The maximum Gasteiger partial charge on any atom is 0.323 e. The number of methoxy groups -OCH3 is 1. The fourth-order valence-electron chi connectivity index (χ4n) is 1.03. The van der Waals surface area contributed by atoms with Crippen molar-refractivity contribution in [1.29, 1.82) is 0 Å². The molecule has 0 amide bonds. The molecule has 5 nitrogen and oxygen atoms in total. The molecule has 0 spiro atoms. The van der Waals surface area contributed by atoms with Crippen LogP contribution in [0, 0.1) is 0 Å². The van der Waals surface area contributed by atoms with E-state index in [-0.39, 0.29) is 0 Å². The summed E-state index contributed by atoms with van der Waals surface area (Å²) in [5, 5.41) is 0. The van der Waals surface area contributed by atoms with Crippen LogP contribution in [-0.2, 0) is 23.0 Å². The van der Waals surface area contributed by atoms with Crippen LogP contribution in [0.1, 0.15) is 5.69 Å². The molecule has 1 atom stereocenters. The molecular weight excluding hydrogens is 170 g/mol. The van der Waals surface area contributed by atoms with E-state index in [1.165, 1.54) is 7.11 Å². The van der Waals surface area contributed by atoms with Crippen LogP contribution >= 0.6 is 0 Å². The summed E-state index contributed by atoms with van der Waals surface area (Å²) < 4.78 is 6.30. The van der Waals surface area contributed by atoms with Gasteiger partial charge in [-0.05, 0) is 0 Å². The van der Waals surface area contributed by atoms with Crippen LogP contribution < -0.4 is 5.73 Å². The molecule has 2 N–H and O–H groups in total. The van der Waals surface area contributed by atoms with Crippen molar-refractivity contribution < 1.29 is 9.53 Å². The van der Waals surface area contributed by atoms with Crippen molar-refractivity contribution >= 4 is 5.97 Å². The first-order valence-electron chi connectivity index (χ1n) is 3.93. The predicted molar refractivity (Wildman–Crippen MR) is 46.9 cm³/mol. The van der Waals surface area contributed by atoms with E-state index in [1.54, 1.807) is 10.9 Å². The average Bonchev–Trinajstić information content (AvgIpc) is 2.49. The van der Waals surface area contributed by atoms with E-state index in [9.17, 15) is 4.79 Å². The Bertz CT molecular complexity index is 295. The number of rotatable bonds is 3. The Morgan fingerprint density at radius 3 is 3.00 bits per heavy atom. The molecule has 1 heterocycles. The molecule has 0 aromatic carbocycles. The second kappa shape index (κ2) is 4.04. The molecule has 5 heteroatoms. The minimum Gasteiger partial charge on any atom is -0.468 e. The number of aromatic nitrogens is 2. The van der Waals surface area contributed by atoms with Gasteiger partial charge in [0.2, 0.25) is 0 Å². The van der Waals surface area contributed by atoms with E-state index in [1.807, 2.05) is 13.2 Å². The summed E-state index contributed by atoms with van der Waals surface area (Å²) in [6.07, 6.45) is 3.90. The molecular formula is C8H13N3O2. The van der Waals surface area contributed by atoms with Crippen LogP contribution in [0.5, 0.6) is 0 Å². The SMILES string of the molecule is COC(=O)[C@@H](N)Cc1cn(C)cn1. The highest BCUT2D eigenvalue weighted by Crippen LogP contribution is 1.99. The molecule has 13 heavy (non-hydrogen) atoms. The number of hydrogen-bond donors (Lipinski definition) is 1. The summed E-state index contributed by atoms with van der Waals surface area (Å²) in [6.45, 7) is 0. The van der Waals surface area contributed by atoms with Crippen molar-refractivity contribution in [1.82, 2.24) is 9.55 Å². The van der Waals surface area contributed by atoms with Crippen LogP contribution in [0.25, 0.3) is 0 Å². The Labute approximate surface area is 76.5 Å². The lowest BCUT2D eigenvalue weighted by molar-refractivity contribution is -0.142. The fraction of sp³-hybridized carbons (Fsp3) is 0.500. The van der Waals surface area contributed by atoms with Crippen LogP contribution in [0.15, 0.2) is 12.5 Å². The van der Waals surface area contributed by atoms with Gasteiger partial charge in [0.15, 0.2) is 0 Å². The molecule has 0 fully saturated rings. The third kappa shape index (κ3) is 2.55. The molecule has 1 rings (SSSR count). The fourth-order valence-corrected chi connectivity index (χ4v) is 1.03. The van der Waals surface area contributed by atoms with E-state index >= 15 is 0 Å². The third-order valence-corrected chi connectivity index (χ3v) is 1.69. The zero-order valence-electron chi connectivity index (χ0n) is 7.73. The van der Waals surface area contributed by atoms with Crippen molar-refractivity contribution in [2.45, 2.75) is 12.5 Å². The Kier molecular flexibility index (Phi) is 3.02. The Hall–Kier alpha value is -1.36. The van der Waals surface area contributed by atoms with Crippen molar-refractivity contribution in [2.24, 2.45) is 12.8 Å². The number of aryl methyl sites for hydroxylation is 1. The van der Waals surface area contributed by atoms with Crippen LogP contribution in [0.2, 0.25) is 0 Å². The second-order valence-corrected chi connectivity index (χ2v) is 2.86. The number of hydrogen-bond acceptors (Lipinski definition) is 4. The Morgan fingerprint density at radius 1 is 1.85 bits per heavy atom. The highest BCUT2D eigenvalue weighted by atomic mass is 16.5. The van der Waals surface area contributed by atoms with E-state index in [0.29, 0.717) is 6.42 Å². The smallest absolute Gasteiger partial charge is 0.323 e. The molecule has 0 saturated heterocycles. The number of carbonyl (C=O) groups is 1. The first-order valence-corrected chi connectivity index (χ1v) is 3.93. The molecule has 1 aromatic rings. The molecule has 0 aliphatic rings. The minimum absolute atomic E-state index is 0.410. The Morgan fingerprint density at radius 2 is 2.54 bits per heavy atom. The van der Waals surface area contributed by atoms with Gasteiger partial charge in [-0.2, -0.15) is 0 Å². The van der Waals surface area contributed by atoms with Gasteiger partial charge in [0, 0.05) is 19.7 Å².